The fourth-order valence-electron chi connectivity index (χ4n) is 2.11. The predicted molar refractivity (Wildman–Crippen MR) is 70.4 cm³/mol. The van der Waals surface area contributed by atoms with Gasteiger partial charge in [-0.05, 0) is 11.8 Å². The molecule has 0 spiro atoms. The third-order valence-corrected chi connectivity index (χ3v) is 3.22. The lowest BCUT2D eigenvalue weighted by atomic mass is 10.1. The lowest BCUT2D eigenvalue weighted by Crippen LogP contribution is -2.38. The van der Waals surface area contributed by atoms with Gasteiger partial charge in [0.15, 0.2) is 5.60 Å². The highest BCUT2D eigenvalue weighted by Crippen LogP contribution is 2.31. The molecule has 1 unspecified atom stereocenters. The molecule has 3 heterocycles. The van der Waals surface area contributed by atoms with Crippen LogP contribution >= 0.6 is 0 Å². The normalized spacial score (nSPS) is 19.7. The Kier molecular flexibility index (Phi) is 3.53. The number of aromatic nitrogens is 4. The van der Waals surface area contributed by atoms with Crippen LogP contribution in [0.25, 0.3) is 0 Å². The van der Waals surface area contributed by atoms with Crippen LogP contribution in [0.4, 0.5) is 19.0 Å². The summed E-state index contributed by atoms with van der Waals surface area (Å²) in [4.78, 5) is 20.7. The minimum Gasteiger partial charge on any atom is -0.459 e. The van der Waals surface area contributed by atoms with Crippen LogP contribution in [0.2, 0.25) is 0 Å². The molecule has 0 aromatic carbocycles. The number of rotatable bonds is 4. The number of imidazole rings is 1. The number of ether oxygens (including phenoxy) is 2. The number of alkyl halides is 3. The molecule has 0 saturated heterocycles. The molecule has 0 radical (unpaired) electrons. The molecule has 0 amide bonds. The second-order valence-electron chi connectivity index (χ2n) is 5.36. The number of hydrogen-bond donors (Lipinski definition) is 0. The van der Waals surface area contributed by atoms with Gasteiger partial charge < -0.3 is 19.6 Å². The van der Waals surface area contributed by atoms with Crippen molar-refractivity contribution in [3.63, 3.8) is 0 Å². The molecular weight excluding hydrogens is 335 g/mol. The molecule has 128 valence electrons. The quantitative estimate of drug-likeness (QED) is 0.615. The third kappa shape index (κ3) is 3.07. The van der Waals surface area contributed by atoms with Gasteiger partial charge in [0.05, 0.1) is 12.1 Å². The van der Waals surface area contributed by atoms with E-state index in [9.17, 15) is 23.3 Å². The van der Waals surface area contributed by atoms with Crippen LogP contribution in [0.15, 0.2) is 18.6 Å². The number of halogens is 3. The highest BCUT2D eigenvalue weighted by atomic mass is 19.4. The topological polar surface area (TPSA) is 105 Å². The molecule has 0 aliphatic carbocycles. The molecule has 9 nitrogen and oxygen atoms in total. The lowest BCUT2D eigenvalue weighted by molar-refractivity contribution is -0.389. The SMILES string of the molecule is CC1(COc2ncc(C(F)(F)F)cn2)Cn2cc([N+](=O)[O-])nc2O1. The zero-order chi connectivity index (χ0) is 17.5. The van der Waals surface area contributed by atoms with Crippen LogP contribution in [-0.4, -0.2) is 36.7 Å². The second-order valence-corrected chi connectivity index (χ2v) is 5.36. The van der Waals surface area contributed by atoms with Crippen molar-refractivity contribution in [2.75, 3.05) is 6.61 Å². The molecule has 0 bridgehead atoms. The molecule has 0 saturated carbocycles. The van der Waals surface area contributed by atoms with Gasteiger partial charge in [-0.3, -0.25) is 4.57 Å². The highest BCUT2D eigenvalue weighted by molar-refractivity contribution is 5.23. The van der Waals surface area contributed by atoms with Crippen LogP contribution in [-0.2, 0) is 12.7 Å². The monoisotopic (exact) mass is 345 g/mol. The van der Waals surface area contributed by atoms with Crippen molar-refractivity contribution < 1.29 is 27.6 Å². The molecule has 3 rings (SSSR count). The van der Waals surface area contributed by atoms with Crippen molar-refractivity contribution in [3.05, 3.63) is 34.3 Å². The van der Waals surface area contributed by atoms with Crippen molar-refractivity contribution in [3.8, 4) is 12.0 Å². The van der Waals surface area contributed by atoms with Crippen LogP contribution < -0.4 is 9.47 Å². The van der Waals surface area contributed by atoms with Crippen LogP contribution in [0.1, 0.15) is 12.5 Å². The summed E-state index contributed by atoms with van der Waals surface area (Å²) in [6, 6.07) is -0.163. The van der Waals surface area contributed by atoms with Crippen LogP contribution in [0, 0.1) is 10.1 Å². The van der Waals surface area contributed by atoms with E-state index in [4.69, 9.17) is 9.47 Å². The van der Waals surface area contributed by atoms with E-state index in [1.165, 1.54) is 10.8 Å². The largest absolute Gasteiger partial charge is 0.459 e. The standard InChI is InChI=1S/C12H10F3N5O4/c1-11(5-19-4-8(20(21)22)18-10(19)24-11)6-23-9-16-2-7(3-17-9)12(13,14)15/h2-4H,5-6H2,1H3. The summed E-state index contributed by atoms with van der Waals surface area (Å²) in [5.74, 6) is -0.334. The van der Waals surface area contributed by atoms with E-state index in [2.05, 4.69) is 15.0 Å². The van der Waals surface area contributed by atoms with Crippen molar-refractivity contribution >= 4 is 5.82 Å². The molecule has 1 aliphatic rings. The van der Waals surface area contributed by atoms with Gasteiger partial charge in [0.25, 0.3) is 0 Å². The summed E-state index contributed by atoms with van der Waals surface area (Å²) in [6.45, 7) is 1.82. The smallest absolute Gasteiger partial charge is 0.419 e. The Morgan fingerprint density at radius 3 is 2.67 bits per heavy atom. The van der Waals surface area contributed by atoms with Gasteiger partial charge in [-0.1, -0.05) is 0 Å². The Balaban J connectivity index is 1.63. The molecule has 1 atom stereocenters. The Morgan fingerprint density at radius 1 is 1.46 bits per heavy atom. The molecular formula is C12H10F3N5O4. The third-order valence-electron chi connectivity index (χ3n) is 3.22. The first-order chi connectivity index (χ1) is 11.2. The Morgan fingerprint density at radius 2 is 2.12 bits per heavy atom. The zero-order valence-corrected chi connectivity index (χ0v) is 12.1. The maximum Gasteiger partial charge on any atom is 0.419 e. The average Bonchev–Trinajstić information content (AvgIpc) is 3.00. The van der Waals surface area contributed by atoms with E-state index in [0.717, 1.165) is 0 Å². The molecule has 24 heavy (non-hydrogen) atoms. The Hall–Kier alpha value is -2.92. The van der Waals surface area contributed by atoms with Gasteiger partial charge in [0.2, 0.25) is 0 Å². The number of nitro groups is 1. The maximum absolute atomic E-state index is 12.4. The molecule has 1 aliphatic heterocycles. The Labute approximate surface area is 132 Å². The first kappa shape index (κ1) is 16.0. The molecule has 0 fully saturated rings. The summed E-state index contributed by atoms with van der Waals surface area (Å²) >= 11 is 0. The number of fused-ring (bicyclic) bond motifs is 1. The number of hydrogen-bond acceptors (Lipinski definition) is 7. The molecule has 2 aromatic rings. The fourth-order valence-corrected chi connectivity index (χ4v) is 2.11. The number of nitrogens with zero attached hydrogens (tertiary/aromatic N) is 5. The Bertz CT molecular complexity index is 750. The van der Waals surface area contributed by atoms with Crippen LogP contribution in [0.3, 0.4) is 0 Å². The van der Waals surface area contributed by atoms with Gasteiger partial charge >= 0.3 is 24.0 Å². The van der Waals surface area contributed by atoms with E-state index >= 15 is 0 Å². The summed E-state index contributed by atoms with van der Waals surface area (Å²) in [5.41, 5.74) is -1.88. The van der Waals surface area contributed by atoms with Gasteiger partial charge in [0.1, 0.15) is 12.8 Å². The van der Waals surface area contributed by atoms with E-state index in [1.54, 1.807) is 6.92 Å². The van der Waals surface area contributed by atoms with Crippen LogP contribution in [0.5, 0.6) is 12.0 Å². The van der Waals surface area contributed by atoms with Crippen molar-refractivity contribution in [2.45, 2.75) is 25.2 Å². The minimum absolute atomic E-state index is 0.0705. The van der Waals surface area contributed by atoms with E-state index in [0.29, 0.717) is 12.4 Å². The minimum atomic E-state index is -4.52. The summed E-state index contributed by atoms with van der Waals surface area (Å²) in [7, 11) is 0. The van der Waals surface area contributed by atoms with Gasteiger partial charge in [-0.25, -0.2) is 9.97 Å². The van der Waals surface area contributed by atoms with Gasteiger partial charge in [-0.15, -0.1) is 0 Å². The van der Waals surface area contributed by atoms with E-state index < -0.39 is 22.3 Å². The van der Waals surface area contributed by atoms with E-state index in [-0.39, 0.29) is 31.0 Å². The van der Waals surface area contributed by atoms with Gasteiger partial charge in [-0.2, -0.15) is 13.2 Å². The highest BCUT2D eigenvalue weighted by Gasteiger charge is 2.41. The van der Waals surface area contributed by atoms with E-state index in [1.807, 2.05) is 0 Å². The molecule has 0 N–H and O–H groups in total. The second kappa shape index (κ2) is 5.32. The van der Waals surface area contributed by atoms with Crippen molar-refractivity contribution in [2.24, 2.45) is 0 Å². The summed E-state index contributed by atoms with van der Waals surface area (Å²) in [5, 5.41) is 10.6. The van der Waals surface area contributed by atoms with Gasteiger partial charge in [0, 0.05) is 17.4 Å². The maximum atomic E-state index is 12.4. The summed E-state index contributed by atoms with van der Waals surface area (Å²) < 4.78 is 49.5. The predicted octanol–water partition coefficient (Wildman–Crippen LogP) is 1.83. The first-order valence-electron chi connectivity index (χ1n) is 6.59. The average molecular weight is 345 g/mol. The zero-order valence-electron chi connectivity index (χ0n) is 12.1. The first-order valence-corrected chi connectivity index (χ1v) is 6.59. The lowest BCUT2D eigenvalue weighted by Gasteiger charge is -2.21. The van der Waals surface area contributed by atoms with Crippen molar-refractivity contribution in [1.82, 2.24) is 19.5 Å². The summed E-state index contributed by atoms with van der Waals surface area (Å²) in [6.07, 6.45) is -2.05. The molecule has 2 aromatic heterocycles. The fraction of sp³-hybridized carbons (Fsp3) is 0.417. The molecule has 12 heteroatoms. The van der Waals surface area contributed by atoms with Crippen molar-refractivity contribution in [1.29, 1.82) is 0 Å².